The molecule has 16 heavy (non-hydrogen) atoms. The second-order valence-corrected chi connectivity index (χ2v) is 6.11. The van der Waals surface area contributed by atoms with Crippen molar-refractivity contribution >= 4 is 9.84 Å². The zero-order valence-electron chi connectivity index (χ0n) is 9.84. The molecule has 1 rings (SSSR count). The molecule has 0 saturated carbocycles. The van der Waals surface area contributed by atoms with E-state index in [2.05, 4.69) is 0 Å². The molecule has 4 heteroatoms. The van der Waals surface area contributed by atoms with Crippen LogP contribution in [0.25, 0.3) is 0 Å². The van der Waals surface area contributed by atoms with Crippen molar-refractivity contribution in [3.8, 4) is 0 Å². The molecule has 1 aromatic carbocycles. The molecule has 1 N–H and O–H groups in total. The summed E-state index contributed by atoms with van der Waals surface area (Å²) in [5.74, 6) is 0.0635. The highest BCUT2D eigenvalue weighted by Gasteiger charge is 2.15. The summed E-state index contributed by atoms with van der Waals surface area (Å²) in [5, 5.41) is 9.58. The summed E-state index contributed by atoms with van der Waals surface area (Å²) >= 11 is 0. The van der Waals surface area contributed by atoms with E-state index in [1.54, 1.807) is 31.2 Å². The van der Waals surface area contributed by atoms with Crippen molar-refractivity contribution < 1.29 is 13.5 Å². The lowest BCUT2D eigenvalue weighted by atomic mass is 9.92. The van der Waals surface area contributed by atoms with E-state index in [-0.39, 0.29) is 5.92 Å². The van der Waals surface area contributed by atoms with Gasteiger partial charge in [0.1, 0.15) is 0 Å². The largest absolute Gasteiger partial charge is 0.393 e. The van der Waals surface area contributed by atoms with Crippen LogP contribution in [-0.4, -0.2) is 25.9 Å². The standard InChI is InChI=1S/C12H18O3S/c1-4-12(9(2)13)10-5-7-11(8-6-10)16(3,14)15/h5-9,12-13H,4H2,1-3H3. The predicted octanol–water partition coefficient (Wildman–Crippen LogP) is 1.96. The third kappa shape index (κ3) is 3.06. The van der Waals surface area contributed by atoms with Crippen molar-refractivity contribution in [2.75, 3.05) is 6.26 Å². The summed E-state index contributed by atoms with van der Waals surface area (Å²) in [6.45, 7) is 3.75. The predicted molar refractivity (Wildman–Crippen MR) is 64.3 cm³/mol. The van der Waals surface area contributed by atoms with Crippen LogP contribution in [0.1, 0.15) is 31.7 Å². The van der Waals surface area contributed by atoms with Gasteiger partial charge in [-0.05, 0) is 31.0 Å². The van der Waals surface area contributed by atoms with Crippen LogP contribution in [0, 0.1) is 0 Å². The van der Waals surface area contributed by atoms with Gasteiger partial charge in [0.05, 0.1) is 11.0 Å². The molecule has 2 atom stereocenters. The number of aliphatic hydroxyl groups excluding tert-OH is 1. The highest BCUT2D eigenvalue weighted by atomic mass is 32.2. The van der Waals surface area contributed by atoms with Crippen LogP contribution in [0.4, 0.5) is 0 Å². The van der Waals surface area contributed by atoms with Gasteiger partial charge in [0.25, 0.3) is 0 Å². The zero-order valence-corrected chi connectivity index (χ0v) is 10.7. The first-order chi connectivity index (χ1) is 7.36. The van der Waals surface area contributed by atoms with Crippen LogP contribution >= 0.6 is 0 Å². The number of hydrogen-bond acceptors (Lipinski definition) is 3. The van der Waals surface area contributed by atoms with Gasteiger partial charge in [-0.25, -0.2) is 8.42 Å². The van der Waals surface area contributed by atoms with Crippen LogP contribution in [-0.2, 0) is 9.84 Å². The topological polar surface area (TPSA) is 54.4 Å². The van der Waals surface area contributed by atoms with Crippen LogP contribution < -0.4 is 0 Å². The Kier molecular flexibility index (Phi) is 4.10. The number of hydrogen-bond donors (Lipinski definition) is 1. The molecule has 0 fully saturated rings. The molecule has 2 unspecified atom stereocenters. The van der Waals surface area contributed by atoms with E-state index in [0.29, 0.717) is 4.90 Å². The molecule has 0 aliphatic rings. The van der Waals surface area contributed by atoms with Crippen molar-refractivity contribution in [2.24, 2.45) is 0 Å². The van der Waals surface area contributed by atoms with Crippen molar-refractivity contribution in [1.29, 1.82) is 0 Å². The fourth-order valence-electron chi connectivity index (χ4n) is 1.82. The van der Waals surface area contributed by atoms with Gasteiger partial charge < -0.3 is 5.11 Å². The van der Waals surface area contributed by atoms with Crippen molar-refractivity contribution in [3.63, 3.8) is 0 Å². The molecular weight excluding hydrogens is 224 g/mol. The maximum Gasteiger partial charge on any atom is 0.175 e. The summed E-state index contributed by atoms with van der Waals surface area (Å²) < 4.78 is 22.5. The van der Waals surface area contributed by atoms with Crippen LogP contribution in [0.3, 0.4) is 0 Å². The normalized spacial score (nSPS) is 15.8. The number of rotatable bonds is 4. The van der Waals surface area contributed by atoms with E-state index < -0.39 is 15.9 Å². The van der Waals surface area contributed by atoms with Gasteiger partial charge in [-0.2, -0.15) is 0 Å². The number of benzene rings is 1. The molecule has 0 saturated heterocycles. The Hall–Kier alpha value is -0.870. The third-order valence-electron chi connectivity index (χ3n) is 2.76. The summed E-state index contributed by atoms with van der Waals surface area (Å²) in [6, 6.07) is 6.74. The molecule has 0 heterocycles. The maximum atomic E-state index is 11.3. The Morgan fingerprint density at radius 2 is 1.75 bits per heavy atom. The SMILES string of the molecule is CCC(c1ccc(S(C)(=O)=O)cc1)C(C)O. The van der Waals surface area contributed by atoms with Gasteiger partial charge in [0.15, 0.2) is 9.84 Å². The van der Waals surface area contributed by atoms with Gasteiger partial charge in [-0.3, -0.25) is 0 Å². The van der Waals surface area contributed by atoms with E-state index in [1.807, 2.05) is 6.92 Å². The summed E-state index contributed by atoms with van der Waals surface area (Å²) in [4.78, 5) is 0.316. The Bertz CT molecular complexity index is 432. The van der Waals surface area contributed by atoms with Crippen molar-refractivity contribution in [1.82, 2.24) is 0 Å². The Balaban J connectivity index is 3.03. The first-order valence-corrected chi connectivity index (χ1v) is 7.23. The molecule has 0 bridgehead atoms. The quantitative estimate of drug-likeness (QED) is 0.878. The van der Waals surface area contributed by atoms with E-state index in [9.17, 15) is 13.5 Å². The molecule has 3 nitrogen and oxygen atoms in total. The summed E-state index contributed by atoms with van der Waals surface area (Å²) in [5.41, 5.74) is 0.977. The van der Waals surface area contributed by atoms with Crippen LogP contribution in [0.15, 0.2) is 29.2 Å². The molecule has 0 amide bonds. The summed E-state index contributed by atoms with van der Waals surface area (Å²) in [6.07, 6.45) is 1.60. The average molecular weight is 242 g/mol. The highest BCUT2D eigenvalue weighted by Crippen LogP contribution is 2.24. The van der Waals surface area contributed by atoms with E-state index >= 15 is 0 Å². The lowest BCUT2D eigenvalue weighted by Crippen LogP contribution is -2.13. The minimum Gasteiger partial charge on any atom is -0.393 e. The molecule has 0 aliphatic carbocycles. The molecule has 1 aromatic rings. The molecule has 0 spiro atoms. The van der Waals surface area contributed by atoms with Gasteiger partial charge >= 0.3 is 0 Å². The Morgan fingerprint density at radius 1 is 1.25 bits per heavy atom. The molecule has 0 aliphatic heterocycles. The van der Waals surface area contributed by atoms with E-state index in [1.165, 1.54) is 6.26 Å². The van der Waals surface area contributed by atoms with Gasteiger partial charge in [0, 0.05) is 12.2 Å². The Labute approximate surface area is 97.0 Å². The van der Waals surface area contributed by atoms with Crippen LogP contribution in [0.2, 0.25) is 0 Å². The molecule has 0 aromatic heterocycles. The molecular formula is C12H18O3S. The lowest BCUT2D eigenvalue weighted by Gasteiger charge is -2.18. The summed E-state index contributed by atoms with van der Waals surface area (Å²) in [7, 11) is -3.13. The fraction of sp³-hybridized carbons (Fsp3) is 0.500. The second kappa shape index (κ2) is 4.97. The first-order valence-electron chi connectivity index (χ1n) is 5.34. The van der Waals surface area contributed by atoms with E-state index in [4.69, 9.17) is 0 Å². The average Bonchev–Trinajstić information content (AvgIpc) is 2.17. The van der Waals surface area contributed by atoms with Gasteiger partial charge in [-0.1, -0.05) is 19.1 Å². The van der Waals surface area contributed by atoms with Crippen molar-refractivity contribution in [2.45, 2.75) is 37.2 Å². The Morgan fingerprint density at radius 3 is 2.06 bits per heavy atom. The fourth-order valence-corrected chi connectivity index (χ4v) is 2.45. The molecule has 0 radical (unpaired) electrons. The minimum atomic E-state index is -3.13. The van der Waals surface area contributed by atoms with Gasteiger partial charge in [-0.15, -0.1) is 0 Å². The number of sulfone groups is 1. The monoisotopic (exact) mass is 242 g/mol. The maximum absolute atomic E-state index is 11.3. The van der Waals surface area contributed by atoms with Gasteiger partial charge in [0.2, 0.25) is 0 Å². The second-order valence-electron chi connectivity index (χ2n) is 4.10. The zero-order chi connectivity index (χ0) is 12.3. The lowest BCUT2D eigenvalue weighted by molar-refractivity contribution is 0.160. The minimum absolute atomic E-state index is 0.0635. The third-order valence-corrected chi connectivity index (χ3v) is 3.89. The first kappa shape index (κ1) is 13.2. The van der Waals surface area contributed by atoms with Crippen molar-refractivity contribution in [3.05, 3.63) is 29.8 Å². The number of aliphatic hydroxyl groups is 1. The molecule has 90 valence electrons. The smallest absolute Gasteiger partial charge is 0.175 e. The van der Waals surface area contributed by atoms with Crippen LogP contribution in [0.5, 0.6) is 0 Å². The highest BCUT2D eigenvalue weighted by molar-refractivity contribution is 7.90. The van der Waals surface area contributed by atoms with E-state index in [0.717, 1.165) is 12.0 Å².